The van der Waals surface area contributed by atoms with Gasteiger partial charge < -0.3 is 15.2 Å². The Morgan fingerprint density at radius 1 is 1.29 bits per heavy atom. The number of hydrogen-bond donors (Lipinski definition) is 2. The summed E-state index contributed by atoms with van der Waals surface area (Å²) in [7, 11) is 0. The number of thioether (sulfide) groups is 1. The second-order valence-electron chi connectivity index (χ2n) is 6.09. The SMILES string of the molecule is CSc1ccc(C(CC(=O)O)NC(=O)CCC2CCOCC2)cc1. The van der Waals surface area contributed by atoms with Crippen LogP contribution in [0, 0.1) is 5.92 Å². The highest BCUT2D eigenvalue weighted by molar-refractivity contribution is 7.98. The topological polar surface area (TPSA) is 75.6 Å². The van der Waals surface area contributed by atoms with Gasteiger partial charge in [0.1, 0.15) is 0 Å². The van der Waals surface area contributed by atoms with Crippen LogP contribution in [0.15, 0.2) is 29.2 Å². The van der Waals surface area contributed by atoms with Crippen molar-refractivity contribution >= 4 is 23.6 Å². The van der Waals surface area contributed by atoms with Gasteiger partial charge in [-0.25, -0.2) is 0 Å². The van der Waals surface area contributed by atoms with Gasteiger partial charge in [-0.3, -0.25) is 9.59 Å². The van der Waals surface area contributed by atoms with E-state index >= 15 is 0 Å². The summed E-state index contributed by atoms with van der Waals surface area (Å²) >= 11 is 1.63. The third-order valence-corrected chi connectivity index (χ3v) is 5.10. The molecule has 1 aliphatic heterocycles. The second-order valence-corrected chi connectivity index (χ2v) is 6.97. The van der Waals surface area contributed by atoms with Crippen LogP contribution in [0.3, 0.4) is 0 Å². The molecule has 2 rings (SSSR count). The molecular weight excluding hydrogens is 326 g/mol. The molecule has 1 atom stereocenters. The molecule has 0 aliphatic carbocycles. The fourth-order valence-electron chi connectivity index (χ4n) is 2.90. The largest absolute Gasteiger partial charge is 0.481 e. The van der Waals surface area contributed by atoms with E-state index in [4.69, 9.17) is 9.84 Å². The van der Waals surface area contributed by atoms with Crippen molar-refractivity contribution in [3.8, 4) is 0 Å². The maximum absolute atomic E-state index is 12.2. The average molecular weight is 351 g/mol. The van der Waals surface area contributed by atoms with Gasteiger partial charge in [0.15, 0.2) is 0 Å². The summed E-state index contributed by atoms with van der Waals surface area (Å²) in [6.07, 6.45) is 5.15. The summed E-state index contributed by atoms with van der Waals surface area (Å²) in [5, 5.41) is 12.0. The zero-order valence-corrected chi connectivity index (χ0v) is 14.8. The number of amides is 1. The summed E-state index contributed by atoms with van der Waals surface area (Å²) in [5.41, 5.74) is 0.828. The van der Waals surface area contributed by atoms with E-state index in [0.717, 1.165) is 42.9 Å². The molecule has 1 aromatic rings. The zero-order chi connectivity index (χ0) is 17.4. The lowest BCUT2D eigenvalue weighted by atomic mass is 9.94. The molecule has 132 valence electrons. The molecule has 1 aromatic carbocycles. The highest BCUT2D eigenvalue weighted by Gasteiger charge is 2.20. The maximum atomic E-state index is 12.2. The predicted molar refractivity (Wildman–Crippen MR) is 94.1 cm³/mol. The number of aliphatic carboxylic acids is 1. The monoisotopic (exact) mass is 351 g/mol. The van der Waals surface area contributed by atoms with Gasteiger partial charge in [0, 0.05) is 24.5 Å². The minimum Gasteiger partial charge on any atom is -0.481 e. The molecule has 1 fully saturated rings. The zero-order valence-electron chi connectivity index (χ0n) is 14.0. The summed E-state index contributed by atoms with van der Waals surface area (Å²) in [6.45, 7) is 1.55. The number of ether oxygens (including phenoxy) is 1. The summed E-state index contributed by atoms with van der Waals surface area (Å²) < 4.78 is 5.32. The van der Waals surface area contributed by atoms with Crippen molar-refractivity contribution in [3.63, 3.8) is 0 Å². The Kier molecular flexibility index (Phi) is 7.59. The maximum Gasteiger partial charge on any atom is 0.305 e. The highest BCUT2D eigenvalue weighted by Crippen LogP contribution is 2.23. The molecule has 24 heavy (non-hydrogen) atoms. The molecule has 1 aliphatic rings. The molecule has 1 amide bonds. The number of nitrogens with one attached hydrogen (secondary N) is 1. The molecule has 0 aromatic heterocycles. The molecule has 1 saturated heterocycles. The van der Waals surface area contributed by atoms with E-state index < -0.39 is 12.0 Å². The van der Waals surface area contributed by atoms with E-state index in [1.807, 2.05) is 30.5 Å². The summed E-state index contributed by atoms with van der Waals surface area (Å²) in [4.78, 5) is 24.5. The molecule has 5 nitrogen and oxygen atoms in total. The Bertz CT molecular complexity index is 540. The van der Waals surface area contributed by atoms with Gasteiger partial charge in [0.25, 0.3) is 0 Å². The van der Waals surface area contributed by atoms with Gasteiger partial charge in [0.05, 0.1) is 12.5 Å². The average Bonchev–Trinajstić information content (AvgIpc) is 2.60. The van der Waals surface area contributed by atoms with E-state index in [9.17, 15) is 9.59 Å². The number of carboxylic acid groups (broad SMARTS) is 1. The highest BCUT2D eigenvalue weighted by atomic mass is 32.2. The van der Waals surface area contributed by atoms with Crippen LogP contribution in [0.4, 0.5) is 0 Å². The first-order chi connectivity index (χ1) is 11.6. The lowest BCUT2D eigenvalue weighted by Crippen LogP contribution is -2.30. The molecule has 0 spiro atoms. The Balaban J connectivity index is 1.91. The van der Waals surface area contributed by atoms with Crippen molar-refractivity contribution in [1.82, 2.24) is 5.32 Å². The van der Waals surface area contributed by atoms with Crippen molar-refractivity contribution in [2.75, 3.05) is 19.5 Å². The Morgan fingerprint density at radius 2 is 1.96 bits per heavy atom. The Labute approximate surface area is 147 Å². The van der Waals surface area contributed by atoms with E-state index in [2.05, 4.69) is 5.32 Å². The van der Waals surface area contributed by atoms with Crippen LogP contribution in [0.1, 0.15) is 43.7 Å². The van der Waals surface area contributed by atoms with E-state index in [-0.39, 0.29) is 12.3 Å². The fourth-order valence-corrected chi connectivity index (χ4v) is 3.31. The number of carbonyl (C=O) groups is 2. The standard InChI is InChI=1S/C18H25NO4S/c1-24-15-5-3-14(4-6-15)16(12-18(21)22)19-17(20)7-2-13-8-10-23-11-9-13/h3-6,13,16H,2,7-12H2,1H3,(H,19,20)(H,21,22). The molecule has 0 bridgehead atoms. The molecule has 2 N–H and O–H groups in total. The number of carboxylic acids is 1. The molecular formula is C18H25NO4S. The first-order valence-electron chi connectivity index (χ1n) is 8.31. The van der Waals surface area contributed by atoms with Crippen molar-refractivity contribution in [2.45, 2.75) is 43.0 Å². The molecule has 0 saturated carbocycles. The van der Waals surface area contributed by atoms with Crippen LogP contribution in [0.5, 0.6) is 0 Å². The first-order valence-corrected chi connectivity index (χ1v) is 9.54. The summed E-state index contributed by atoms with van der Waals surface area (Å²) in [6, 6.07) is 7.18. The van der Waals surface area contributed by atoms with Gasteiger partial charge in [0.2, 0.25) is 5.91 Å². The summed E-state index contributed by atoms with van der Waals surface area (Å²) in [5.74, 6) is -0.469. The smallest absolute Gasteiger partial charge is 0.305 e. The van der Waals surface area contributed by atoms with E-state index in [1.165, 1.54) is 0 Å². The number of benzene rings is 1. The van der Waals surface area contributed by atoms with Crippen molar-refractivity contribution < 1.29 is 19.4 Å². The normalized spacial score (nSPS) is 16.5. The van der Waals surface area contributed by atoms with Crippen LogP contribution in [0.2, 0.25) is 0 Å². The minimum atomic E-state index is -0.918. The molecule has 6 heteroatoms. The first kappa shape index (κ1) is 18.8. The lowest BCUT2D eigenvalue weighted by molar-refractivity contribution is -0.137. The third-order valence-electron chi connectivity index (χ3n) is 4.35. The minimum absolute atomic E-state index is 0.0818. The van der Waals surface area contributed by atoms with Crippen LogP contribution in [-0.4, -0.2) is 36.5 Å². The molecule has 1 heterocycles. The number of carbonyl (C=O) groups excluding carboxylic acids is 1. The van der Waals surface area contributed by atoms with Crippen molar-refractivity contribution in [2.24, 2.45) is 5.92 Å². The van der Waals surface area contributed by atoms with Crippen LogP contribution in [0.25, 0.3) is 0 Å². The van der Waals surface area contributed by atoms with Crippen LogP contribution >= 0.6 is 11.8 Å². The lowest BCUT2D eigenvalue weighted by Gasteiger charge is -2.22. The van der Waals surface area contributed by atoms with Crippen molar-refractivity contribution in [1.29, 1.82) is 0 Å². The van der Waals surface area contributed by atoms with Gasteiger partial charge in [-0.1, -0.05) is 12.1 Å². The predicted octanol–water partition coefficient (Wildman–Crippen LogP) is 3.25. The van der Waals surface area contributed by atoms with E-state index in [0.29, 0.717) is 12.3 Å². The van der Waals surface area contributed by atoms with Gasteiger partial charge in [-0.05, 0) is 49.1 Å². The van der Waals surface area contributed by atoms with Gasteiger partial charge in [-0.2, -0.15) is 0 Å². The number of hydrogen-bond acceptors (Lipinski definition) is 4. The Morgan fingerprint density at radius 3 is 2.54 bits per heavy atom. The van der Waals surface area contributed by atoms with Gasteiger partial charge in [-0.15, -0.1) is 11.8 Å². The second kappa shape index (κ2) is 9.69. The molecule has 0 radical (unpaired) electrons. The quantitative estimate of drug-likeness (QED) is 0.703. The van der Waals surface area contributed by atoms with Crippen LogP contribution in [-0.2, 0) is 14.3 Å². The Hall–Kier alpha value is -1.53. The number of rotatable bonds is 8. The molecule has 1 unspecified atom stereocenters. The van der Waals surface area contributed by atoms with E-state index in [1.54, 1.807) is 11.8 Å². The third kappa shape index (κ3) is 6.17. The van der Waals surface area contributed by atoms with Gasteiger partial charge >= 0.3 is 5.97 Å². The van der Waals surface area contributed by atoms with Crippen LogP contribution < -0.4 is 5.32 Å². The van der Waals surface area contributed by atoms with Crippen molar-refractivity contribution in [3.05, 3.63) is 29.8 Å². The fraction of sp³-hybridized carbons (Fsp3) is 0.556.